The van der Waals surface area contributed by atoms with Gasteiger partial charge in [0.05, 0.1) is 13.2 Å². The molecule has 0 aromatic carbocycles. The van der Waals surface area contributed by atoms with Crippen molar-refractivity contribution in [2.75, 3.05) is 39.9 Å². The van der Waals surface area contributed by atoms with E-state index in [1.165, 1.54) is 135 Å². The number of likely N-dealkylation sites (N-methyl/N-ethyl adjacent to an activating group) is 1. The van der Waals surface area contributed by atoms with E-state index in [4.69, 9.17) is 9.84 Å². The normalized spacial score (nSPS) is 13.1. The van der Waals surface area contributed by atoms with E-state index in [1.807, 2.05) is 0 Å². The third kappa shape index (κ3) is 29.4. The van der Waals surface area contributed by atoms with E-state index in [2.05, 4.69) is 38.0 Å². The highest BCUT2D eigenvalue weighted by atomic mass is 16.5. The van der Waals surface area contributed by atoms with Crippen molar-refractivity contribution in [3.63, 3.8) is 0 Å². The molecule has 2 N–H and O–H groups in total. The second-order valence-electron chi connectivity index (χ2n) is 13.1. The van der Waals surface area contributed by atoms with Crippen LogP contribution in [0.1, 0.15) is 181 Å². The maximum atomic E-state index is 12.3. The Hall–Kier alpha value is -0.650. The molecule has 0 spiro atoms. The Kier molecular flexibility index (Phi) is 32.7. The maximum absolute atomic E-state index is 12.3. The van der Waals surface area contributed by atoms with Gasteiger partial charge in [-0.05, 0) is 64.6 Å². The van der Waals surface area contributed by atoms with Gasteiger partial charge in [-0.25, -0.2) is 0 Å². The summed E-state index contributed by atoms with van der Waals surface area (Å²) in [6, 6.07) is 0.645. The molecular weight excluding hydrogens is 520 g/mol. The highest BCUT2D eigenvalue weighted by molar-refractivity contribution is 5.69. The minimum absolute atomic E-state index is 0.0203. The van der Waals surface area contributed by atoms with E-state index in [9.17, 15) is 4.79 Å². The van der Waals surface area contributed by atoms with E-state index in [0.29, 0.717) is 25.0 Å². The molecule has 0 aliphatic rings. The smallest absolute Gasteiger partial charge is 0.305 e. The average Bonchev–Trinajstić information content (AvgIpc) is 2.98. The summed E-state index contributed by atoms with van der Waals surface area (Å²) < 4.78 is 5.70. The predicted octanol–water partition coefficient (Wildman–Crippen LogP) is 9.84. The van der Waals surface area contributed by atoms with Gasteiger partial charge in [0, 0.05) is 19.0 Å². The molecule has 5 heteroatoms. The van der Waals surface area contributed by atoms with E-state index >= 15 is 0 Å². The van der Waals surface area contributed by atoms with E-state index in [1.54, 1.807) is 0 Å². The molecule has 0 aliphatic heterocycles. The molecule has 0 saturated carbocycles. The van der Waals surface area contributed by atoms with Crippen LogP contribution in [0.25, 0.3) is 0 Å². The molecule has 5 nitrogen and oxygen atoms in total. The Bertz CT molecular complexity index is 545. The van der Waals surface area contributed by atoms with Gasteiger partial charge in [0.15, 0.2) is 0 Å². The molecule has 0 aromatic rings. The fourth-order valence-corrected chi connectivity index (χ4v) is 5.95. The number of carbonyl (C=O) groups is 1. The summed E-state index contributed by atoms with van der Waals surface area (Å²) in [5.41, 5.74) is 0. The summed E-state index contributed by atoms with van der Waals surface area (Å²) in [6.07, 6.45) is 31.3. The zero-order chi connectivity index (χ0) is 30.9. The Morgan fingerprint density at radius 1 is 0.643 bits per heavy atom. The first-order valence-corrected chi connectivity index (χ1v) is 18.8. The molecular formula is C37H76N2O3. The summed E-state index contributed by atoms with van der Waals surface area (Å²) >= 11 is 0. The van der Waals surface area contributed by atoms with Crippen LogP contribution < -0.4 is 5.32 Å². The highest BCUT2D eigenvalue weighted by Gasteiger charge is 2.12. The molecule has 2 unspecified atom stereocenters. The number of esters is 1. The summed E-state index contributed by atoms with van der Waals surface area (Å²) in [5.74, 6) is 0.578. The fourth-order valence-electron chi connectivity index (χ4n) is 5.95. The largest absolute Gasteiger partial charge is 0.465 e. The lowest BCUT2D eigenvalue weighted by Crippen LogP contribution is -2.32. The van der Waals surface area contributed by atoms with Crippen LogP contribution in [0, 0.1) is 5.92 Å². The van der Waals surface area contributed by atoms with Crippen LogP contribution in [0.3, 0.4) is 0 Å². The van der Waals surface area contributed by atoms with Crippen LogP contribution >= 0.6 is 0 Å². The Morgan fingerprint density at radius 2 is 1.14 bits per heavy atom. The van der Waals surface area contributed by atoms with Gasteiger partial charge in [-0.2, -0.15) is 0 Å². The molecule has 0 saturated heterocycles. The van der Waals surface area contributed by atoms with Crippen molar-refractivity contribution in [2.24, 2.45) is 5.92 Å². The van der Waals surface area contributed by atoms with Gasteiger partial charge in [0.25, 0.3) is 0 Å². The molecule has 0 heterocycles. The van der Waals surface area contributed by atoms with Gasteiger partial charge in [-0.1, -0.05) is 136 Å². The zero-order valence-electron chi connectivity index (χ0n) is 29.1. The van der Waals surface area contributed by atoms with Gasteiger partial charge >= 0.3 is 5.97 Å². The summed E-state index contributed by atoms with van der Waals surface area (Å²) in [7, 11) is 2.09. The van der Waals surface area contributed by atoms with E-state index in [-0.39, 0.29) is 12.6 Å². The van der Waals surface area contributed by atoms with Gasteiger partial charge in [0.1, 0.15) is 0 Å². The number of nitrogens with one attached hydrogen (secondary N) is 1. The van der Waals surface area contributed by atoms with Crippen molar-refractivity contribution in [3.8, 4) is 0 Å². The molecule has 0 rings (SSSR count). The number of rotatable bonds is 34. The average molecular weight is 597 g/mol. The molecule has 0 fully saturated rings. The zero-order valence-corrected chi connectivity index (χ0v) is 29.1. The Labute approximate surface area is 263 Å². The molecule has 0 aliphatic carbocycles. The fraction of sp³-hybridized carbons (Fsp3) is 0.973. The predicted molar refractivity (Wildman–Crippen MR) is 183 cm³/mol. The number of hydrogen-bond donors (Lipinski definition) is 2. The van der Waals surface area contributed by atoms with Crippen LogP contribution in [0.2, 0.25) is 0 Å². The van der Waals surface area contributed by atoms with E-state index < -0.39 is 0 Å². The Morgan fingerprint density at radius 3 is 1.74 bits per heavy atom. The first-order valence-electron chi connectivity index (χ1n) is 18.8. The summed E-state index contributed by atoms with van der Waals surface area (Å²) in [6.45, 7) is 10.6. The lowest BCUT2D eigenvalue weighted by molar-refractivity contribution is -0.145. The molecule has 0 aromatic heterocycles. The monoisotopic (exact) mass is 597 g/mol. The van der Waals surface area contributed by atoms with Gasteiger partial charge in [0.2, 0.25) is 0 Å². The minimum Gasteiger partial charge on any atom is -0.465 e. The number of hydrogen-bond acceptors (Lipinski definition) is 5. The molecule has 0 radical (unpaired) electrons. The minimum atomic E-state index is 0.0203. The number of nitrogens with zero attached hydrogens (tertiary/aromatic N) is 1. The van der Waals surface area contributed by atoms with Crippen LogP contribution in [0.15, 0.2) is 0 Å². The standard InChI is InChI=1S/C37H76N2O3/c1-5-8-11-13-14-17-21-27-36(38-30-24-31-39(4)32-33-40)28-22-18-15-16-19-23-29-37(41)42-34-35(25-10-7-3)26-20-12-9-6-2/h35-36,38,40H,5-34H2,1-4H3. The summed E-state index contributed by atoms with van der Waals surface area (Å²) in [4.78, 5) is 14.5. The maximum Gasteiger partial charge on any atom is 0.305 e. The van der Waals surface area contributed by atoms with Crippen molar-refractivity contribution in [2.45, 2.75) is 187 Å². The van der Waals surface area contributed by atoms with Crippen molar-refractivity contribution in [1.29, 1.82) is 0 Å². The number of aliphatic hydroxyl groups excluding tert-OH is 1. The SMILES string of the molecule is CCCCCCCCCC(CCCCCCCCC(=O)OCC(CCCC)CCCCCC)NCCCN(C)CCO. The second kappa shape index (κ2) is 33.2. The van der Waals surface area contributed by atoms with Crippen molar-refractivity contribution in [1.82, 2.24) is 10.2 Å². The van der Waals surface area contributed by atoms with Gasteiger partial charge < -0.3 is 20.1 Å². The van der Waals surface area contributed by atoms with Gasteiger partial charge in [-0.3, -0.25) is 4.79 Å². The number of unbranched alkanes of at least 4 members (excludes halogenated alkanes) is 15. The topological polar surface area (TPSA) is 61.8 Å². The first-order chi connectivity index (χ1) is 20.6. The molecule has 0 bridgehead atoms. The molecule has 252 valence electrons. The second-order valence-corrected chi connectivity index (χ2v) is 13.1. The van der Waals surface area contributed by atoms with Crippen LogP contribution in [0.4, 0.5) is 0 Å². The highest BCUT2D eigenvalue weighted by Crippen LogP contribution is 2.19. The third-order valence-electron chi connectivity index (χ3n) is 8.88. The quantitative estimate of drug-likeness (QED) is 0.0572. The van der Waals surface area contributed by atoms with Crippen LogP contribution in [0.5, 0.6) is 0 Å². The van der Waals surface area contributed by atoms with Crippen LogP contribution in [-0.4, -0.2) is 61.9 Å². The van der Waals surface area contributed by atoms with Crippen molar-refractivity contribution >= 4 is 5.97 Å². The van der Waals surface area contributed by atoms with Crippen molar-refractivity contribution < 1.29 is 14.6 Å². The number of ether oxygens (including phenoxy) is 1. The number of carbonyl (C=O) groups excluding carboxylic acids is 1. The van der Waals surface area contributed by atoms with E-state index in [0.717, 1.165) is 38.9 Å². The molecule has 42 heavy (non-hydrogen) atoms. The lowest BCUT2D eigenvalue weighted by Gasteiger charge is -2.20. The molecule has 2 atom stereocenters. The number of aliphatic hydroxyl groups is 1. The summed E-state index contributed by atoms with van der Waals surface area (Å²) in [5, 5.41) is 13.0. The lowest BCUT2D eigenvalue weighted by atomic mass is 9.96. The van der Waals surface area contributed by atoms with Crippen molar-refractivity contribution in [3.05, 3.63) is 0 Å². The third-order valence-corrected chi connectivity index (χ3v) is 8.88. The molecule has 0 amide bonds. The first kappa shape index (κ1) is 41.4. The van der Waals surface area contributed by atoms with Gasteiger partial charge in [-0.15, -0.1) is 0 Å². The Balaban J connectivity index is 4.06. The van der Waals surface area contributed by atoms with Crippen LogP contribution in [-0.2, 0) is 9.53 Å².